The standard InChI is InChI=1S/C8H5Cl2NO/c1-4-5(9)2-6-8(7(4)10)12-3-11-6/h2-3H,1H3. The topological polar surface area (TPSA) is 26.0 Å². The van der Waals surface area contributed by atoms with Crippen LogP contribution in [0.2, 0.25) is 10.0 Å². The smallest absolute Gasteiger partial charge is 0.182 e. The zero-order valence-electron chi connectivity index (χ0n) is 6.27. The number of halogens is 2. The fraction of sp³-hybridized carbons (Fsp3) is 0.125. The van der Waals surface area contributed by atoms with Gasteiger partial charge < -0.3 is 4.42 Å². The van der Waals surface area contributed by atoms with Crippen molar-refractivity contribution in [1.82, 2.24) is 4.98 Å². The summed E-state index contributed by atoms with van der Waals surface area (Å²) < 4.78 is 5.08. The highest BCUT2D eigenvalue weighted by atomic mass is 35.5. The van der Waals surface area contributed by atoms with Gasteiger partial charge >= 0.3 is 0 Å². The second-order valence-electron chi connectivity index (χ2n) is 2.50. The maximum Gasteiger partial charge on any atom is 0.182 e. The van der Waals surface area contributed by atoms with E-state index in [1.807, 2.05) is 6.92 Å². The highest BCUT2D eigenvalue weighted by Gasteiger charge is 2.09. The third-order valence-corrected chi connectivity index (χ3v) is 2.59. The molecule has 2 aromatic rings. The Hall–Kier alpha value is -0.730. The number of fused-ring (bicyclic) bond motifs is 1. The molecule has 4 heteroatoms. The summed E-state index contributed by atoms with van der Waals surface area (Å²) >= 11 is 11.8. The first kappa shape index (κ1) is 7.90. The van der Waals surface area contributed by atoms with Crippen LogP contribution in [0.4, 0.5) is 0 Å². The average Bonchev–Trinajstić information content (AvgIpc) is 2.48. The Balaban J connectivity index is 2.94. The molecular formula is C8H5Cl2NO. The third kappa shape index (κ3) is 0.993. The zero-order chi connectivity index (χ0) is 8.72. The Morgan fingerprint density at radius 3 is 2.92 bits per heavy atom. The Morgan fingerprint density at radius 1 is 1.42 bits per heavy atom. The first-order chi connectivity index (χ1) is 5.70. The lowest BCUT2D eigenvalue weighted by molar-refractivity contribution is 0.602. The SMILES string of the molecule is Cc1c(Cl)cc2ncoc2c1Cl. The van der Waals surface area contributed by atoms with Gasteiger partial charge in [0, 0.05) is 5.02 Å². The third-order valence-electron chi connectivity index (χ3n) is 1.75. The summed E-state index contributed by atoms with van der Waals surface area (Å²) in [6.45, 7) is 1.84. The Morgan fingerprint density at radius 2 is 2.17 bits per heavy atom. The molecule has 1 heterocycles. The highest BCUT2D eigenvalue weighted by molar-refractivity contribution is 6.39. The van der Waals surface area contributed by atoms with E-state index in [2.05, 4.69) is 4.98 Å². The minimum Gasteiger partial charge on any atom is -0.442 e. The molecule has 0 saturated heterocycles. The predicted molar refractivity (Wildman–Crippen MR) is 48.8 cm³/mol. The van der Waals surface area contributed by atoms with E-state index in [0.717, 1.165) is 5.56 Å². The lowest BCUT2D eigenvalue weighted by Gasteiger charge is -1.99. The van der Waals surface area contributed by atoms with Crippen LogP contribution in [0, 0.1) is 6.92 Å². The quantitative estimate of drug-likeness (QED) is 0.653. The van der Waals surface area contributed by atoms with Gasteiger partial charge in [0.1, 0.15) is 5.52 Å². The summed E-state index contributed by atoms with van der Waals surface area (Å²) in [4.78, 5) is 3.95. The van der Waals surface area contributed by atoms with E-state index in [9.17, 15) is 0 Å². The summed E-state index contributed by atoms with van der Waals surface area (Å²) in [5.74, 6) is 0. The number of hydrogen-bond donors (Lipinski definition) is 0. The lowest BCUT2D eigenvalue weighted by atomic mass is 10.2. The van der Waals surface area contributed by atoms with Gasteiger partial charge in [0.05, 0.1) is 5.02 Å². The van der Waals surface area contributed by atoms with E-state index in [0.29, 0.717) is 21.1 Å². The second-order valence-corrected chi connectivity index (χ2v) is 3.28. The minimum absolute atomic E-state index is 0.537. The largest absolute Gasteiger partial charge is 0.442 e. The zero-order valence-corrected chi connectivity index (χ0v) is 7.78. The van der Waals surface area contributed by atoms with Crippen molar-refractivity contribution in [3.05, 3.63) is 28.1 Å². The van der Waals surface area contributed by atoms with Crippen LogP contribution in [0.25, 0.3) is 11.1 Å². The molecule has 1 aromatic carbocycles. The summed E-state index contributed by atoms with van der Waals surface area (Å²) in [5, 5.41) is 1.15. The van der Waals surface area contributed by atoms with Crippen molar-refractivity contribution in [2.75, 3.05) is 0 Å². The molecule has 0 saturated carbocycles. The molecule has 2 rings (SSSR count). The monoisotopic (exact) mass is 201 g/mol. The molecule has 0 amide bonds. The summed E-state index contributed by atoms with van der Waals surface area (Å²) in [6.07, 6.45) is 1.35. The van der Waals surface area contributed by atoms with Crippen molar-refractivity contribution < 1.29 is 4.42 Å². The van der Waals surface area contributed by atoms with Crippen molar-refractivity contribution in [1.29, 1.82) is 0 Å². The van der Waals surface area contributed by atoms with Gasteiger partial charge in [-0.3, -0.25) is 0 Å². The maximum atomic E-state index is 5.95. The number of hydrogen-bond acceptors (Lipinski definition) is 2. The van der Waals surface area contributed by atoms with E-state index < -0.39 is 0 Å². The van der Waals surface area contributed by atoms with Crippen LogP contribution >= 0.6 is 23.2 Å². The van der Waals surface area contributed by atoms with Gasteiger partial charge in [0.2, 0.25) is 0 Å². The van der Waals surface area contributed by atoms with Crippen LogP contribution in [0.1, 0.15) is 5.56 Å². The first-order valence-corrected chi connectivity index (χ1v) is 4.13. The van der Waals surface area contributed by atoms with Crippen LogP contribution in [0.3, 0.4) is 0 Å². The maximum absolute atomic E-state index is 5.95. The molecule has 0 fully saturated rings. The van der Waals surface area contributed by atoms with Gasteiger partial charge in [-0.05, 0) is 18.6 Å². The van der Waals surface area contributed by atoms with Gasteiger partial charge in [0.25, 0.3) is 0 Å². The van der Waals surface area contributed by atoms with E-state index in [-0.39, 0.29) is 0 Å². The fourth-order valence-corrected chi connectivity index (χ4v) is 1.51. The summed E-state index contributed by atoms with van der Waals surface area (Å²) in [7, 11) is 0. The lowest BCUT2D eigenvalue weighted by Crippen LogP contribution is -1.78. The van der Waals surface area contributed by atoms with Gasteiger partial charge in [0.15, 0.2) is 12.0 Å². The van der Waals surface area contributed by atoms with Crippen molar-refractivity contribution >= 4 is 34.3 Å². The molecule has 0 radical (unpaired) electrons. The van der Waals surface area contributed by atoms with Gasteiger partial charge in [-0.15, -0.1) is 0 Å². The molecule has 12 heavy (non-hydrogen) atoms. The molecule has 62 valence electrons. The number of aromatic nitrogens is 1. The average molecular weight is 202 g/mol. The van der Waals surface area contributed by atoms with E-state index in [4.69, 9.17) is 27.6 Å². The minimum atomic E-state index is 0.537. The van der Waals surface area contributed by atoms with E-state index in [1.54, 1.807) is 6.07 Å². The molecule has 0 aliphatic rings. The van der Waals surface area contributed by atoms with E-state index >= 15 is 0 Å². The van der Waals surface area contributed by atoms with Crippen LogP contribution < -0.4 is 0 Å². The molecular weight excluding hydrogens is 197 g/mol. The number of benzene rings is 1. The molecule has 0 bridgehead atoms. The summed E-state index contributed by atoms with van der Waals surface area (Å²) in [5.41, 5.74) is 2.11. The molecule has 0 spiro atoms. The first-order valence-electron chi connectivity index (χ1n) is 3.38. The van der Waals surface area contributed by atoms with Crippen molar-refractivity contribution in [2.24, 2.45) is 0 Å². The summed E-state index contributed by atoms with van der Waals surface area (Å²) in [6, 6.07) is 1.74. The van der Waals surface area contributed by atoms with Gasteiger partial charge in [-0.2, -0.15) is 0 Å². The number of nitrogens with zero attached hydrogens (tertiary/aromatic N) is 1. The van der Waals surface area contributed by atoms with Crippen LogP contribution in [0.15, 0.2) is 16.9 Å². The normalized spacial score (nSPS) is 10.9. The van der Waals surface area contributed by atoms with E-state index in [1.165, 1.54) is 6.39 Å². The molecule has 0 aliphatic heterocycles. The second kappa shape index (κ2) is 2.64. The Labute approximate surface area is 79.1 Å². The van der Waals surface area contributed by atoms with Crippen LogP contribution in [0.5, 0.6) is 0 Å². The highest BCUT2D eigenvalue weighted by Crippen LogP contribution is 2.31. The van der Waals surface area contributed by atoms with Crippen molar-refractivity contribution in [2.45, 2.75) is 6.92 Å². The molecule has 0 N–H and O–H groups in total. The van der Waals surface area contributed by atoms with Crippen LogP contribution in [-0.4, -0.2) is 4.98 Å². The molecule has 2 nitrogen and oxygen atoms in total. The van der Waals surface area contributed by atoms with Crippen LogP contribution in [-0.2, 0) is 0 Å². The molecule has 1 aromatic heterocycles. The molecule has 0 unspecified atom stereocenters. The number of rotatable bonds is 0. The Kier molecular flexibility index (Phi) is 1.74. The Bertz CT molecular complexity index is 436. The molecule has 0 atom stereocenters. The van der Waals surface area contributed by atoms with Gasteiger partial charge in [-0.25, -0.2) is 4.98 Å². The number of oxazole rings is 1. The predicted octanol–water partition coefficient (Wildman–Crippen LogP) is 3.44. The van der Waals surface area contributed by atoms with Crippen molar-refractivity contribution in [3.8, 4) is 0 Å². The molecule has 0 aliphatic carbocycles. The fourth-order valence-electron chi connectivity index (χ4n) is 1.03. The van der Waals surface area contributed by atoms with Gasteiger partial charge in [-0.1, -0.05) is 23.2 Å². The van der Waals surface area contributed by atoms with Crippen molar-refractivity contribution in [3.63, 3.8) is 0 Å².